The first-order chi connectivity index (χ1) is 11.0. The summed E-state index contributed by atoms with van der Waals surface area (Å²) in [4.78, 5) is 14.0. The van der Waals surface area contributed by atoms with Crippen LogP contribution in [0.2, 0.25) is 0 Å². The molecule has 1 amide bonds. The lowest BCUT2D eigenvalue weighted by molar-refractivity contribution is -0.143. The molecule has 1 unspecified atom stereocenters. The van der Waals surface area contributed by atoms with Gasteiger partial charge in [-0.1, -0.05) is 0 Å². The number of nitrogens with zero attached hydrogens (tertiary/aromatic N) is 1. The molecule has 0 aliphatic carbocycles. The van der Waals surface area contributed by atoms with E-state index in [1.54, 1.807) is 0 Å². The number of benzene rings is 1. The Bertz CT molecular complexity index is 579. The van der Waals surface area contributed by atoms with Gasteiger partial charge in [-0.15, -0.1) is 0 Å². The molecule has 0 radical (unpaired) electrons. The highest BCUT2D eigenvalue weighted by Crippen LogP contribution is 2.36. The zero-order valence-corrected chi connectivity index (χ0v) is 12.8. The summed E-state index contributed by atoms with van der Waals surface area (Å²) in [6.45, 7) is 1.32. The van der Waals surface area contributed by atoms with Crippen LogP contribution in [-0.4, -0.2) is 37.0 Å². The summed E-state index contributed by atoms with van der Waals surface area (Å²) in [6, 6.07) is 0.583. The van der Waals surface area contributed by atoms with Crippen LogP contribution in [0.25, 0.3) is 0 Å². The summed E-state index contributed by atoms with van der Waals surface area (Å²) < 4.78 is 76.8. The van der Waals surface area contributed by atoms with Gasteiger partial charge in [0.1, 0.15) is 0 Å². The van der Waals surface area contributed by atoms with E-state index in [2.05, 4.69) is 5.32 Å². The van der Waals surface area contributed by atoms with E-state index < -0.39 is 35.0 Å². The van der Waals surface area contributed by atoms with Crippen LogP contribution in [0.3, 0.4) is 0 Å². The van der Waals surface area contributed by atoms with Crippen molar-refractivity contribution in [1.82, 2.24) is 10.2 Å². The van der Waals surface area contributed by atoms with Gasteiger partial charge in [-0.3, -0.25) is 4.79 Å². The number of halogens is 6. The second-order valence-corrected chi connectivity index (χ2v) is 5.87. The van der Waals surface area contributed by atoms with Crippen molar-refractivity contribution in [3.63, 3.8) is 0 Å². The molecule has 1 aromatic carbocycles. The average Bonchev–Trinajstić information content (AvgIpc) is 2.45. The molecule has 1 atom stereocenters. The monoisotopic (exact) mass is 354 g/mol. The number of rotatable bonds is 2. The van der Waals surface area contributed by atoms with Crippen LogP contribution < -0.4 is 5.32 Å². The van der Waals surface area contributed by atoms with Gasteiger partial charge in [0, 0.05) is 18.2 Å². The van der Waals surface area contributed by atoms with Gasteiger partial charge >= 0.3 is 12.4 Å². The van der Waals surface area contributed by atoms with Gasteiger partial charge in [0.25, 0.3) is 5.91 Å². The molecule has 1 fully saturated rings. The summed E-state index contributed by atoms with van der Waals surface area (Å²) in [5.74, 6) is -0.938. The number of nitrogens with one attached hydrogen (secondary N) is 1. The normalized spacial score (nSPS) is 20.0. The van der Waals surface area contributed by atoms with Gasteiger partial charge in [0.15, 0.2) is 0 Å². The first-order valence-electron chi connectivity index (χ1n) is 7.25. The van der Waals surface area contributed by atoms with Crippen molar-refractivity contribution in [2.24, 2.45) is 0 Å². The number of likely N-dealkylation sites (N-methyl/N-ethyl adjacent to an activating group) is 1. The number of hydrogen-bond donors (Lipinski definition) is 1. The number of hydrogen-bond acceptors (Lipinski definition) is 2. The molecule has 9 heteroatoms. The van der Waals surface area contributed by atoms with E-state index in [-0.39, 0.29) is 12.1 Å². The van der Waals surface area contributed by atoms with Gasteiger partial charge in [-0.2, -0.15) is 26.3 Å². The number of likely N-dealkylation sites (tertiary alicyclic amines) is 1. The quantitative estimate of drug-likeness (QED) is 0.824. The molecule has 1 aromatic rings. The standard InChI is InChI=1S/C15H16F6N2O/c1-23-4-2-3-12(8-23)22-13(24)9-5-10(14(16,17)18)7-11(6-9)15(19,20)21/h5-7,12H,2-4,8H2,1H3,(H,22,24). The SMILES string of the molecule is CN1CCCC(NC(=O)c2cc(C(F)(F)F)cc(C(F)(F)F)c2)C1. The van der Waals surface area contributed by atoms with E-state index in [1.165, 1.54) is 0 Å². The molecule has 1 N–H and O–H groups in total. The number of piperidine rings is 1. The zero-order valence-electron chi connectivity index (χ0n) is 12.8. The molecule has 0 saturated carbocycles. The Morgan fingerprint density at radius 2 is 1.62 bits per heavy atom. The van der Waals surface area contributed by atoms with Crippen LogP contribution in [0, 0.1) is 0 Å². The van der Waals surface area contributed by atoms with E-state index >= 15 is 0 Å². The van der Waals surface area contributed by atoms with E-state index in [9.17, 15) is 31.1 Å². The first kappa shape index (κ1) is 18.6. The minimum Gasteiger partial charge on any atom is -0.348 e. The average molecular weight is 354 g/mol. The summed E-state index contributed by atoms with van der Waals surface area (Å²) in [5.41, 5.74) is -3.64. The Balaban J connectivity index is 2.29. The van der Waals surface area contributed by atoms with Gasteiger partial charge < -0.3 is 10.2 Å². The highest BCUT2D eigenvalue weighted by molar-refractivity contribution is 5.94. The highest BCUT2D eigenvalue weighted by Gasteiger charge is 2.37. The van der Waals surface area contributed by atoms with Crippen LogP contribution in [-0.2, 0) is 12.4 Å². The van der Waals surface area contributed by atoms with Crippen molar-refractivity contribution in [2.75, 3.05) is 20.1 Å². The molecule has 1 aliphatic heterocycles. The first-order valence-corrected chi connectivity index (χ1v) is 7.25. The van der Waals surface area contributed by atoms with E-state index in [4.69, 9.17) is 0 Å². The molecule has 3 nitrogen and oxygen atoms in total. The third kappa shape index (κ3) is 4.62. The molecule has 0 spiro atoms. The smallest absolute Gasteiger partial charge is 0.348 e. The van der Waals surface area contributed by atoms with Crippen LogP contribution >= 0.6 is 0 Å². The van der Waals surface area contributed by atoms with Crippen LogP contribution in [0.15, 0.2) is 18.2 Å². The second-order valence-electron chi connectivity index (χ2n) is 5.87. The summed E-state index contributed by atoms with van der Waals surface area (Å²) >= 11 is 0. The fourth-order valence-corrected chi connectivity index (χ4v) is 2.64. The van der Waals surface area contributed by atoms with Gasteiger partial charge in [0.05, 0.1) is 11.1 Å². The third-order valence-electron chi connectivity index (χ3n) is 3.81. The lowest BCUT2D eigenvalue weighted by atomic mass is 10.0. The van der Waals surface area contributed by atoms with Gasteiger partial charge in [0.2, 0.25) is 0 Å². The molecule has 0 aromatic heterocycles. The molecular weight excluding hydrogens is 338 g/mol. The second kappa shape index (κ2) is 6.62. The third-order valence-corrected chi connectivity index (χ3v) is 3.81. The van der Waals surface area contributed by atoms with E-state index in [0.717, 1.165) is 13.0 Å². The minimum absolute atomic E-state index is 0.00513. The lowest BCUT2D eigenvalue weighted by Crippen LogP contribution is -2.46. The Morgan fingerprint density at radius 1 is 1.08 bits per heavy atom. The highest BCUT2D eigenvalue weighted by atomic mass is 19.4. The predicted molar refractivity (Wildman–Crippen MR) is 74.4 cm³/mol. The Kier molecular flexibility index (Phi) is 5.12. The molecule has 0 bridgehead atoms. The Hall–Kier alpha value is -1.77. The fourth-order valence-electron chi connectivity index (χ4n) is 2.64. The predicted octanol–water partition coefficient (Wildman–Crippen LogP) is 3.55. The zero-order chi connectivity index (χ0) is 18.1. The van der Waals surface area contributed by atoms with Crippen molar-refractivity contribution in [1.29, 1.82) is 0 Å². The Labute approximate surface area is 134 Å². The maximum atomic E-state index is 12.8. The maximum Gasteiger partial charge on any atom is 0.416 e. The minimum atomic E-state index is -4.97. The van der Waals surface area contributed by atoms with Gasteiger partial charge in [-0.05, 0) is 44.6 Å². The lowest BCUT2D eigenvalue weighted by Gasteiger charge is -2.30. The summed E-state index contributed by atoms with van der Waals surface area (Å²) in [6.07, 6.45) is -8.53. The van der Waals surface area contributed by atoms with Crippen LogP contribution in [0.4, 0.5) is 26.3 Å². The number of amides is 1. The van der Waals surface area contributed by atoms with Crippen LogP contribution in [0.5, 0.6) is 0 Å². The maximum absolute atomic E-state index is 12.8. The van der Waals surface area contributed by atoms with E-state index in [0.29, 0.717) is 25.1 Å². The Morgan fingerprint density at radius 3 is 2.08 bits per heavy atom. The molecular formula is C15H16F6N2O. The topological polar surface area (TPSA) is 32.3 Å². The molecule has 1 aliphatic rings. The van der Waals surface area contributed by atoms with Crippen molar-refractivity contribution < 1.29 is 31.1 Å². The summed E-state index contributed by atoms with van der Waals surface area (Å²) in [5, 5.41) is 2.51. The largest absolute Gasteiger partial charge is 0.416 e. The molecule has 134 valence electrons. The fraction of sp³-hybridized carbons (Fsp3) is 0.533. The van der Waals surface area contributed by atoms with E-state index in [1.807, 2.05) is 11.9 Å². The van der Waals surface area contributed by atoms with Crippen molar-refractivity contribution in [3.8, 4) is 0 Å². The summed E-state index contributed by atoms with van der Waals surface area (Å²) in [7, 11) is 1.82. The molecule has 1 saturated heterocycles. The molecule has 1 heterocycles. The number of carbonyl (C=O) groups excluding carboxylic acids is 1. The number of carbonyl (C=O) groups is 1. The van der Waals surface area contributed by atoms with Crippen molar-refractivity contribution in [3.05, 3.63) is 34.9 Å². The molecule has 24 heavy (non-hydrogen) atoms. The van der Waals surface area contributed by atoms with Gasteiger partial charge in [-0.25, -0.2) is 0 Å². The van der Waals surface area contributed by atoms with Crippen molar-refractivity contribution >= 4 is 5.91 Å². The molecule has 2 rings (SSSR count). The number of alkyl halides is 6. The van der Waals surface area contributed by atoms with Crippen molar-refractivity contribution in [2.45, 2.75) is 31.2 Å². The van der Waals surface area contributed by atoms with Crippen LogP contribution in [0.1, 0.15) is 34.3 Å².